The lowest BCUT2D eigenvalue weighted by Crippen LogP contribution is -2.27. The normalized spacial score (nSPS) is 14.7. The largest absolute Gasteiger partial charge is 0.397 e. The standard InChI is InChI=1S/C30H25ClN4O2/c1-18(36)33-27-16-21(11-13-25(27)32)29-24-17-22(31)12-14-26(24)35-30(37)28(34-29)15-20-9-5-6-10-23(20)19-7-3-2-4-8-19/h2-14,16-17,28H,15,32H2,1H3,(H,33,36)(H,35,37). The number of amides is 2. The third-order valence-electron chi connectivity index (χ3n) is 6.24. The van der Waals surface area contributed by atoms with Gasteiger partial charge in [0.1, 0.15) is 6.04 Å². The van der Waals surface area contributed by atoms with Crippen LogP contribution in [-0.4, -0.2) is 23.6 Å². The molecule has 1 aliphatic rings. The first-order chi connectivity index (χ1) is 17.9. The number of rotatable bonds is 5. The van der Waals surface area contributed by atoms with Gasteiger partial charge in [0.2, 0.25) is 11.8 Å². The summed E-state index contributed by atoms with van der Waals surface area (Å²) in [6.07, 6.45) is 0.398. The Balaban J connectivity index is 1.62. The predicted octanol–water partition coefficient (Wildman–Crippen LogP) is 5.95. The Bertz CT molecular complexity index is 1530. The lowest BCUT2D eigenvalue weighted by atomic mass is 9.95. The third-order valence-corrected chi connectivity index (χ3v) is 6.47. The average Bonchev–Trinajstić information content (AvgIpc) is 3.02. The van der Waals surface area contributed by atoms with E-state index in [1.807, 2.05) is 42.5 Å². The number of hydrogen-bond donors (Lipinski definition) is 3. The SMILES string of the molecule is CC(=O)Nc1cc(C2=NC(Cc3ccccc3-c3ccccc3)C(=O)Nc3ccc(Cl)cc32)ccc1N. The van der Waals surface area contributed by atoms with Crippen molar-refractivity contribution in [3.8, 4) is 11.1 Å². The minimum Gasteiger partial charge on any atom is -0.397 e. The number of hydrogen-bond acceptors (Lipinski definition) is 4. The molecule has 4 N–H and O–H groups in total. The van der Waals surface area contributed by atoms with Crippen LogP contribution in [0, 0.1) is 0 Å². The number of nitrogens with one attached hydrogen (secondary N) is 2. The summed E-state index contributed by atoms with van der Waals surface area (Å²) < 4.78 is 0. The highest BCUT2D eigenvalue weighted by molar-refractivity contribution is 6.32. The number of benzodiazepines with no additional fused rings is 1. The third kappa shape index (κ3) is 5.25. The zero-order valence-electron chi connectivity index (χ0n) is 20.2. The Morgan fingerprint density at radius 3 is 2.49 bits per heavy atom. The number of nitrogens with zero attached hydrogens (tertiary/aromatic N) is 1. The first-order valence-electron chi connectivity index (χ1n) is 11.9. The van der Waals surface area contributed by atoms with Crippen LogP contribution in [0.5, 0.6) is 0 Å². The Kier molecular flexibility index (Phi) is 6.75. The van der Waals surface area contributed by atoms with Crippen LogP contribution in [0.1, 0.15) is 23.6 Å². The minimum atomic E-state index is -0.701. The van der Waals surface area contributed by atoms with Crippen molar-refractivity contribution in [1.29, 1.82) is 0 Å². The summed E-state index contributed by atoms with van der Waals surface area (Å²) in [6.45, 7) is 1.42. The van der Waals surface area contributed by atoms with Crippen LogP contribution < -0.4 is 16.4 Å². The molecule has 6 nitrogen and oxygen atoms in total. The number of nitrogen functional groups attached to an aromatic ring is 1. The molecule has 4 aromatic rings. The first kappa shape index (κ1) is 24.3. The molecule has 184 valence electrons. The molecule has 1 atom stereocenters. The van der Waals surface area contributed by atoms with E-state index >= 15 is 0 Å². The number of fused-ring (bicyclic) bond motifs is 1. The fourth-order valence-electron chi connectivity index (χ4n) is 4.50. The van der Waals surface area contributed by atoms with Crippen molar-refractivity contribution in [2.75, 3.05) is 16.4 Å². The van der Waals surface area contributed by atoms with Crippen molar-refractivity contribution >= 4 is 46.2 Å². The molecular formula is C30H25ClN4O2. The van der Waals surface area contributed by atoms with Gasteiger partial charge in [-0.05, 0) is 47.0 Å². The smallest absolute Gasteiger partial charge is 0.249 e. The number of aliphatic imine (C=N–C) groups is 1. The van der Waals surface area contributed by atoms with Crippen LogP contribution in [0.3, 0.4) is 0 Å². The molecule has 0 aromatic heterocycles. The van der Waals surface area contributed by atoms with E-state index in [1.54, 1.807) is 30.3 Å². The molecule has 0 aliphatic carbocycles. The van der Waals surface area contributed by atoms with E-state index in [0.29, 0.717) is 45.3 Å². The number of anilines is 3. The van der Waals surface area contributed by atoms with Gasteiger partial charge in [-0.25, -0.2) is 0 Å². The first-order valence-corrected chi connectivity index (χ1v) is 12.3. The molecule has 0 fully saturated rings. The Morgan fingerprint density at radius 2 is 1.70 bits per heavy atom. The topological polar surface area (TPSA) is 96.6 Å². The number of carbonyl (C=O) groups excluding carboxylic acids is 2. The summed E-state index contributed by atoms with van der Waals surface area (Å²) in [7, 11) is 0. The van der Waals surface area contributed by atoms with Crippen LogP contribution in [0.15, 0.2) is 96.0 Å². The molecule has 2 amide bonds. The lowest BCUT2D eigenvalue weighted by Gasteiger charge is -2.15. The van der Waals surface area contributed by atoms with Gasteiger partial charge < -0.3 is 16.4 Å². The Morgan fingerprint density at radius 1 is 0.946 bits per heavy atom. The fraction of sp³-hybridized carbons (Fsp3) is 0.100. The maximum Gasteiger partial charge on any atom is 0.249 e. The molecule has 0 spiro atoms. The second-order valence-electron chi connectivity index (χ2n) is 8.88. The van der Waals surface area contributed by atoms with Crippen LogP contribution in [-0.2, 0) is 16.0 Å². The molecule has 0 saturated heterocycles. The van der Waals surface area contributed by atoms with Gasteiger partial charge in [0.25, 0.3) is 0 Å². The van der Waals surface area contributed by atoms with E-state index in [4.69, 9.17) is 22.3 Å². The van der Waals surface area contributed by atoms with Crippen molar-refractivity contribution in [2.24, 2.45) is 4.99 Å². The number of carbonyl (C=O) groups is 2. The number of halogens is 1. The fourth-order valence-corrected chi connectivity index (χ4v) is 4.67. The highest BCUT2D eigenvalue weighted by atomic mass is 35.5. The summed E-state index contributed by atoms with van der Waals surface area (Å²) >= 11 is 6.35. The van der Waals surface area contributed by atoms with E-state index in [1.165, 1.54) is 6.92 Å². The highest BCUT2D eigenvalue weighted by Crippen LogP contribution is 2.31. The summed E-state index contributed by atoms with van der Waals surface area (Å²) in [6, 6.07) is 28.0. The van der Waals surface area contributed by atoms with Gasteiger partial charge in [-0.15, -0.1) is 0 Å². The van der Waals surface area contributed by atoms with Crippen LogP contribution in [0.4, 0.5) is 17.1 Å². The molecule has 37 heavy (non-hydrogen) atoms. The second-order valence-corrected chi connectivity index (χ2v) is 9.32. The molecule has 1 aliphatic heterocycles. The molecule has 1 unspecified atom stereocenters. The van der Waals surface area contributed by atoms with E-state index in [9.17, 15) is 9.59 Å². The van der Waals surface area contributed by atoms with Gasteiger partial charge in [0, 0.05) is 29.5 Å². The van der Waals surface area contributed by atoms with E-state index < -0.39 is 6.04 Å². The quantitative estimate of drug-likeness (QED) is 0.291. The van der Waals surface area contributed by atoms with E-state index in [-0.39, 0.29) is 11.8 Å². The number of benzene rings is 4. The molecule has 0 saturated carbocycles. The maximum absolute atomic E-state index is 13.4. The summed E-state index contributed by atoms with van der Waals surface area (Å²) in [5.41, 5.74) is 12.8. The molecular weight excluding hydrogens is 484 g/mol. The number of nitrogens with two attached hydrogens (primary N) is 1. The molecule has 5 rings (SSSR count). The van der Waals surface area contributed by atoms with Crippen LogP contribution in [0.2, 0.25) is 5.02 Å². The van der Waals surface area contributed by atoms with Crippen molar-refractivity contribution < 1.29 is 9.59 Å². The molecule has 0 radical (unpaired) electrons. The second kappa shape index (κ2) is 10.3. The van der Waals surface area contributed by atoms with Crippen molar-refractivity contribution in [3.63, 3.8) is 0 Å². The summed E-state index contributed by atoms with van der Waals surface area (Å²) in [4.78, 5) is 30.1. The maximum atomic E-state index is 13.4. The lowest BCUT2D eigenvalue weighted by molar-refractivity contribution is -0.117. The molecule has 7 heteroatoms. The predicted molar refractivity (Wildman–Crippen MR) is 150 cm³/mol. The van der Waals surface area contributed by atoms with Gasteiger partial charge in [-0.2, -0.15) is 0 Å². The van der Waals surface area contributed by atoms with E-state index in [0.717, 1.165) is 16.7 Å². The molecule has 1 heterocycles. The minimum absolute atomic E-state index is 0.209. The van der Waals surface area contributed by atoms with Gasteiger partial charge in [-0.3, -0.25) is 14.6 Å². The summed E-state index contributed by atoms with van der Waals surface area (Å²) in [5, 5.41) is 6.31. The Hall–Kier alpha value is -4.42. The van der Waals surface area contributed by atoms with Crippen molar-refractivity contribution in [3.05, 3.63) is 113 Å². The van der Waals surface area contributed by atoms with Gasteiger partial charge >= 0.3 is 0 Å². The Labute approximate surface area is 220 Å². The average molecular weight is 509 g/mol. The van der Waals surface area contributed by atoms with Crippen molar-refractivity contribution in [1.82, 2.24) is 0 Å². The van der Waals surface area contributed by atoms with Gasteiger partial charge in [0.15, 0.2) is 0 Å². The summed E-state index contributed by atoms with van der Waals surface area (Å²) in [5.74, 6) is -0.443. The van der Waals surface area contributed by atoms with Gasteiger partial charge in [0.05, 0.1) is 22.8 Å². The zero-order valence-corrected chi connectivity index (χ0v) is 20.9. The monoisotopic (exact) mass is 508 g/mol. The zero-order chi connectivity index (χ0) is 25.9. The molecule has 0 bridgehead atoms. The van der Waals surface area contributed by atoms with Crippen LogP contribution in [0.25, 0.3) is 11.1 Å². The molecule has 4 aromatic carbocycles. The van der Waals surface area contributed by atoms with Crippen LogP contribution >= 0.6 is 11.6 Å². The van der Waals surface area contributed by atoms with E-state index in [2.05, 4.69) is 28.8 Å². The highest BCUT2D eigenvalue weighted by Gasteiger charge is 2.27. The van der Waals surface area contributed by atoms with Crippen molar-refractivity contribution in [2.45, 2.75) is 19.4 Å². The van der Waals surface area contributed by atoms with Gasteiger partial charge in [-0.1, -0.05) is 72.3 Å².